The predicted molar refractivity (Wildman–Crippen MR) is 67.6 cm³/mol. The van der Waals surface area contributed by atoms with Crippen molar-refractivity contribution >= 4 is 24.1 Å². The zero-order valence-electron chi connectivity index (χ0n) is 9.00. The lowest BCUT2D eigenvalue weighted by molar-refractivity contribution is 0.201. The van der Waals surface area contributed by atoms with Gasteiger partial charge >= 0.3 is 0 Å². The van der Waals surface area contributed by atoms with Crippen LogP contribution in [0.2, 0.25) is 0 Å². The molecule has 0 amide bonds. The van der Waals surface area contributed by atoms with Gasteiger partial charge in [0.2, 0.25) is 0 Å². The summed E-state index contributed by atoms with van der Waals surface area (Å²) in [5.74, 6) is 0. The topological polar surface area (TPSA) is 49.7 Å². The molecule has 0 aromatic heterocycles. The van der Waals surface area contributed by atoms with Crippen molar-refractivity contribution in [2.24, 2.45) is 0 Å². The molecule has 0 saturated heterocycles. The van der Waals surface area contributed by atoms with E-state index in [0.29, 0.717) is 0 Å². The lowest BCUT2D eigenvalue weighted by atomic mass is 10.3. The Morgan fingerprint density at radius 1 is 1.00 bits per heavy atom. The maximum absolute atomic E-state index is 9.29. The van der Waals surface area contributed by atoms with E-state index in [9.17, 15) is 10.2 Å². The molecule has 4 unspecified atom stereocenters. The van der Waals surface area contributed by atoms with Crippen molar-refractivity contribution < 1.29 is 13.8 Å². The molecule has 0 heterocycles. The Hall–Kier alpha value is 0.0600. The summed E-state index contributed by atoms with van der Waals surface area (Å²) in [4.78, 5) is 0. The standard InChI is InChI=1S/C10H18O3S2/c1-5-9(7(3)11)14-13-15-10(6-2)8(4)12/h5-12H,1-2H2,3-4H3. The highest BCUT2D eigenvalue weighted by atomic mass is 32.2. The van der Waals surface area contributed by atoms with Crippen molar-refractivity contribution in [1.29, 1.82) is 0 Å². The van der Waals surface area contributed by atoms with Crippen LogP contribution in [0.1, 0.15) is 13.8 Å². The lowest BCUT2D eigenvalue weighted by Crippen LogP contribution is -2.18. The average molecular weight is 250 g/mol. The summed E-state index contributed by atoms with van der Waals surface area (Å²) in [6.45, 7) is 10.5. The van der Waals surface area contributed by atoms with Crippen LogP contribution in [0.3, 0.4) is 0 Å². The van der Waals surface area contributed by atoms with Gasteiger partial charge in [-0.15, -0.1) is 13.2 Å². The molecule has 0 aliphatic heterocycles. The molecule has 0 fully saturated rings. The summed E-state index contributed by atoms with van der Waals surface area (Å²) in [5.41, 5.74) is 0. The number of rotatable bonds is 8. The molecule has 0 aliphatic rings. The van der Waals surface area contributed by atoms with Crippen molar-refractivity contribution in [3.05, 3.63) is 25.3 Å². The summed E-state index contributed by atoms with van der Waals surface area (Å²) < 4.78 is 5.23. The minimum atomic E-state index is -0.512. The van der Waals surface area contributed by atoms with Gasteiger partial charge in [0.15, 0.2) is 0 Å². The molecule has 0 aromatic carbocycles. The van der Waals surface area contributed by atoms with E-state index in [1.807, 2.05) is 0 Å². The molecule has 0 radical (unpaired) electrons. The van der Waals surface area contributed by atoms with Gasteiger partial charge in [-0.1, -0.05) is 12.2 Å². The van der Waals surface area contributed by atoms with Crippen LogP contribution in [0, 0.1) is 0 Å². The molecule has 0 rings (SSSR count). The second-order valence-electron chi connectivity index (χ2n) is 3.14. The molecule has 88 valence electrons. The Bertz CT molecular complexity index is 175. The zero-order valence-corrected chi connectivity index (χ0v) is 10.6. The number of hydrogen-bond donors (Lipinski definition) is 2. The third-order valence-corrected chi connectivity index (χ3v) is 3.96. The minimum Gasteiger partial charge on any atom is -0.392 e. The molecule has 0 saturated carbocycles. The summed E-state index contributed by atoms with van der Waals surface area (Å²) in [6.07, 6.45) is 2.23. The molecular weight excluding hydrogens is 232 g/mol. The van der Waals surface area contributed by atoms with Crippen LogP contribution >= 0.6 is 24.1 Å². The number of aliphatic hydroxyl groups excluding tert-OH is 2. The van der Waals surface area contributed by atoms with Crippen LogP contribution in [-0.2, 0) is 3.63 Å². The smallest absolute Gasteiger partial charge is 0.0757 e. The second-order valence-corrected chi connectivity index (χ2v) is 5.16. The van der Waals surface area contributed by atoms with Crippen LogP contribution in [-0.4, -0.2) is 32.9 Å². The Morgan fingerprint density at radius 2 is 1.33 bits per heavy atom. The first kappa shape index (κ1) is 15.1. The molecule has 0 bridgehead atoms. The van der Waals surface area contributed by atoms with Gasteiger partial charge in [0.25, 0.3) is 0 Å². The van der Waals surface area contributed by atoms with Gasteiger partial charge in [0.1, 0.15) is 0 Å². The monoisotopic (exact) mass is 250 g/mol. The predicted octanol–water partition coefficient (Wildman–Crippen LogP) is 2.17. The van der Waals surface area contributed by atoms with Crippen LogP contribution in [0.25, 0.3) is 0 Å². The maximum atomic E-state index is 9.29. The van der Waals surface area contributed by atoms with Crippen molar-refractivity contribution in [3.8, 4) is 0 Å². The molecule has 2 N–H and O–H groups in total. The first-order chi connectivity index (χ1) is 7.02. The largest absolute Gasteiger partial charge is 0.392 e. The van der Waals surface area contributed by atoms with Crippen molar-refractivity contribution in [1.82, 2.24) is 0 Å². The van der Waals surface area contributed by atoms with Crippen LogP contribution < -0.4 is 0 Å². The van der Waals surface area contributed by atoms with Crippen molar-refractivity contribution in [3.63, 3.8) is 0 Å². The molecule has 5 heteroatoms. The molecule has 0 spiro atoms. The lowest BCUT2D eigenvalue weighted by Gasteiger charge is -2.17. The third kappa shape index (κ3) is 6.27. The van der Waals surface area contributed by atoms with Gasteiger partial charge < -0.3 is 10.2 Å². The zero-order chi connectivity index (χ0) is 11.8. The van der Waals surface area contributed by atoms with Gasteiger partial charge in [0.05, 0.1) is 22.7 Å². The van der Waals surface area contributed by atoms with Crippen molar-refractivity contribution in [2.75, 3.05) is 0 Å². The summed E-state index contributed by atoms with van der Waals surface area (Å²) in [6, 6.07) is 0. The Kier molecular flexibility index (Phi) is 8.27. The summed E-state index contributed by atoms with van der Waals surface area (Å²) >= 11 is 2.25. The van der Waals surface area contributed by atoms with E-state index in [1.54, 1.807) is 26.0 Å². The first-order valence-electron chi connectivity index (χ1n) is 4.63. The van der Waals surface area contributed by atoms with E-state index in [-0.39, 0.29) is 10.5 Å². The Labute approximate surface area is 100 Å². The Morgan fingerprint density at radius 3 is 1.53 bits per heavy atom. The molecular formula is C10H18O3S2. The van der Waals surface area contributed by atoms with Crippen molar-refractivity contribution in [2.45, 2.75) is 36.6 Å². The summed E-state index contributed by atoms with van der Waals surface area (Å²) in [5, 5.41) is 18.2. The van der Waals surface area contributed by atoms with E-state index in [4.69, 9.17) is 3.63 Å². The fourth-order valence-corrected chi connectivity index (χ4v) is 2.13. The van der Waals surface area contributed by atoms with Gasteiger partial charge in [0, 0.05) is 24.1 Å². The molecule has 3 nitrogen and oxygen atoms in total. The molecule has 15 heavy (non-hydrogen) atoms. The van der Waals surface area contributed by atoms with E-state index in [1.165, 1.54) is 0 Å². The molecule has 0 aromatic rings. The normalized spacial score (nSPS) is 18.9. The fourth-order valence-electron chi connectivity index (χ4n) is 0.747. The second kappa shape index (κ2) is 8.24. The minimum absolute atomic E-state index is 0.169. The van der Waals surface area contributed by atoms with Crippen LogP contribution in [0.15, 0.2) is 25.3 Å². The molecule has 4 atom stereocenters. The van der Waals surface area contributed by atoms with E-state index in [0.717, 1.165) is 24.1 Å². The van der Waals surface area contributed by atoms with Gasteiger partial charge in [-0.3, -0.25) is 0 Å². The Balaban J connectivity index is 3.85. The van der Waals surface area contributed by atoms with Crippen LogP contribution in [0.5, 0.6) is 0 Å². The average Bonchev–Trinajstić information content (AvgIpc) is 2.17. The first-order valence-corrected chi connectivity index (χ1v) is 6.24. The highest BCUT2D eigenvalue weighted by molar-refractivity contribution is 8.08. The van der Waals surface area contributed by atoms with Gasteiger partial charge in [-0.25, -0.2) is 3.63 Å². The maximum Gasteiger partial charge on any atom is 0.0757 e. The fraction of sp³-hybridized carbons (Fsp3) is 0.600. The number of aliphatic hydroxyl groups is 2. The van der Waals surface area contributed by atoms with E-state index >= 15 is 0 Å². The van der Waals surface area contributed by atoms with E-state index in [2.05, 4.69) is 13.2 Å². The summed E-state index contributed by atoms with van der Waals surface area (Å²) in [7, 11) is 0. The van der Waals surface area contributed by atoms with Crippen LogP contribution in [0.4, 0.5) is 0 Å². The number of hydrogen-bond acceptors (Lipinski definition) is 5. The van der Waals surface area contributed by atoms with Gasteiger partial charge in [-0.05, 0) is 13.8 Å². The SMILES string of the molecule is C=CC(SOSC(C=C)C(C)O)C(C)O. The highest BCUT2D eigenvalue weighted by Crippen LogP contribution is 2.27. The molecule has 0 aliphatic carbocycles. The highest BCUT2D eigenvalue weighted by Gasteiger charge is 2.16. The third-order valence-electron chi connectivity index (χ3n) is 1.72. The quantitative estimate of drug-likeness (QED) is 0.511. The van der Waals surface area contributed by atoms with Gasteiger partial charge in [-0.2, -0.15) is 0 Å². The van der Waals surface area contributed by atoms with E-state index < -0.39 is 12.2 Å².